The maximum Gasteiger partial charge on any atom is 0.165 e. The zero-order valence-electron chi connectivity index (χ0n) is 29.4. The molecule has 7 aromatic carbocycles. The van der Waals surface area contributed by atoms with E-state index in [0.717, 1.165) is 44.5 Å². The van der Waals surface area contributed by atoms with E-state index in [4.69, 9.17) is 19.4 Å². The molecule has 4 heterocycles. The lowest BCUT2D eigenvalue weighted by Gasteiger charge is -2.29. The summed E-state index contributed by atoms with van der Waals surface area (Å²) in [6.45, 7) is 0. The molecule has 0 N–H and O–H groups in total. The average molecular weight is 723 g/mol. The molecule has 4 aromatic heterocycles. The fraction of sp³-hybridized carbons (Fsp3) is 0.0408. The molecule has 0 aliphatic heterocycles. The predicted octanol–water partition coefficient (Wildman–Crippen LogP) is 13.0. The van der Waals surface area contributed by atoms with Crippen LogP contribution < -0.4 is 0 Å². The summed E-state index contributed by atoms with van der Waals surface area (Å²) in [4.78, 5) is 16.0. The largest absolute Gasteiger partial charge is 0.458 e. The monoisotopic (exact) mass is 722 g/mol. The highest BCUT2D eigenvalue weighted by atomic mass is 32.1. The van der Waals surface area contributed by atoms with Gasteiger partial charge >= 0.3 is 0 Å². The van der Waals surface area contributed by atoms with Crippen molar-refractivity contribution in [2.75, 3.05) is 0 Å². The van der Waals surface area contributed by atoms with Crippen molar-refractivity contribution in [1.29, 1.82) is 0 Å². The summed E-state index contributed by atoms with van der Waals surface area (Å²) in [5.74, 6) is 2.62. The van der Waals surface area contributed by atoms with Crippen LogP contribution >= 0.6 is 11.3 Å². The molecule has 0 saturated carbocycles. The van der Waals surface area contributed by atoms with E-state index in [2.05, 4.69) is 150 Å². The summed E-state index contributed by atoms with van der Waals surface area (Å²) in [6, 6.07) is 55.4. The summed E-state index contributed by atoms with van der Waals surface area (Å²) in [5, 5.41) is 8.37. The van der Waals surface area contributed by atoms with E-state index in [9.17, 15) is 0 Å². The SMILES string of the molecule is C1=CC(c2nc(-c3ccccc3)nc(-c3cccc4c3sc3ccccc34)n2)C(n2c3ccccc3c3cc4ccccc4cc32)c2oc3ccccc3c21. The van der Waals surface area contributed by atoms with Gasteiger partial charge in [0.15, 0.2) is 11.6 Å². The minimum Gasteiger partial charge on any atom is -0.458 e. The maximum atomic E-state index is 6.94. The highest BCUT2D eigenvalue weighted by Gasteiger charge is 2.37. The van der Waals surface area contributed by atoms with Gasteiger partial charge in [0.25, 0.3) is 0 Å². The summed E-state index contributed by atoms with van der Waals surface area (Å²) in [5.41, 5.74) is 6.19. The zero-order valence-corrected chi connectivity index (χ0v) is 30.2. The summed E-state index contributed by atoms with van der Waals surface area (Å²) in [6.07, 6.45) is 4.49. The third-order valence-electron chi connectivity index (χ3n) is 11.2. The molecule has 0 radical (unpaired) electrons. The van der Waals surface area contributed by atoms with Crippen molar-refractivity contribution in [3.8, 4) is 22.8 Å². The van der Waals surface area contributed by atoms with Gasteiger partial charge in [0.1, 0.15) is 23.2 Å². The number of hydrogen-bond acceptors (Lipinski definition) is 5. The van der Waals surface area contributed by atoms with Crippen LogP contribution in [0, 0.1) is 0 Å². The van der Waals surface area contributed by atoms with E-state index in [-0.39, 0.29) is 12.0 Å². The molecule has 1 aliphatic rings. The van der Waals surface area contributed by atoms with Crippen LogP contribution in [0.4, 0.5) is 0 Å². The molecule has 55 heavy (non-hydrogen) atoms. The molecule has 5 nitrogen and oxygen atoms in total. The van der Waals surface area contributed by atoms with Gasteiger partial charge in [-0.2, -0.15) is 0 Å². The van der Waals surface area contributed by atoms with Crippen LogP contribution in [-0.4, -0.2) is 19.5 Å². The Bertz CT molecular complexity index is 3350. The van der Waals surface area contributed by atoms with Crippen molar-refractivity contribution >= 4 is 81.1 Å². The molecule has 0 bridgehead atoms. The summed E-state index contributed by atoms with van der Waals surface area (Å²) < 4.78 is 11.8. The van der Waals surface area contributed by atoms with Crippen molar-refractivity contribution in [1.82, 2.24) is 19.5 Å². The maximum absolute atomic E-state index is 6.94. The van der Waals surface area contributed by atoms with Gasteiger partial charge in [0.05, 0.1) is 11.4 Å². The van der Waals surface area contributed by atoms with E-state index in [1.54, 1.807) is 11.3 Å². The van der Waals surface area contributed by atoms with Gasteiger partial charge in [-0.25, -0.2) is 15.0 Å². The second-order valence-corrected chi connectivity index (χ2v) is 15.3. The van der Waals surface area contributed by atoms with Crippen LogP contribution in [0.1, 0.15) is 29.1 Å². The van der Waals surface area contributed by atoms with E-state index in [1.807, 2.05) is 24.3 Å². The van der Waals surface area contributed by atoms with Crippen LogP contribution in [-0.2, 0) is 0 Å². The number of hydrogen-bond donors (Lipinski definition) is 0. The highest BCUT2D eigenvalue weighted by molar-refractivity contribution is 7.26. The smallest absolute Gasteiger partial charge is 0.165 e. The van der Waals surface area contributed by atoms with Crippen LogP contribution in [0.5, 0.6) is 0 Å². The minimum absolute atomic E-state index is 0.288. The van der Waals surface area contributed by atoms with Crippen molar-refractivity contribution < 1.29 is 4.42 Å². The highest BCUT2D eigenvalue weighted by Crippen LogP contribution is 2.49. The molecule has 11 aromatic rings. The van der Waals surface area contributed by atoms with E-state index >= 15 is 0 Å². The number of benzene rings is 7. The first-order valence-electron chi connectivity index (χ1n) is 18.6. The fourth-order valence-corrected chi connectivity index (χ4v) is 9.95. The second kappa shape index (κ2) is 11.8. The lowest BCUT2D eigenvalue weighted by Crippen LogP contribution is -2.23. The Morgan fingerprint density at radius 2 is 1.25 bits per heavy atom. The molecule has 12 rings (SSSR count). The number of allylic oxidation sites excluding steroid dienone is 1. The quantitative estimate of drug-likeness (QED) is 0.181. The van der Waals surface area contributed by atoms with Gasteiger partial charge in [-0.3, -0.25) is 0 Å². The van der Waals surface area contributed by atoms with Crippen LogP contribution in [0.25, 0.3) is 92.6 Å². The summed E-state index contributed by atoms with van der Waals surface area (Å²) in [7, 11) is 0. The van der Waals surface area contributed by atoms with E-state index in [1.165, 1.54) is 41.7 Å². The normalized spacial score (nSPS) is 15.6. The first kappa shape index (κ1) is 30.6. The first-order valence-corrected chi connectivity index (χ1v) is 19.4. The van der Waals surface area contributed by atoms with Crippen molar-refractivity contribution in [3.05, 3.63) is 181 Å². The Labute approximate surface area is 319 Å². The molecular weight excluding hydrogens is 693 g/mol. The molecule has 0 saturated heterocycles. The van der Waals surface area contributed by atoms with Gasteiger partial charge in [-0.05, 0) is 47.2 Å². The Kier molecular flexibility index (Phi) is 6.56. The van der Waals surface area contributed by atoms with Crippen molar-refractivity contribution in [2.45, 2.75) is 12.0 Å². The van der Waals surface area contributed by atoms with Crippen molar-refractivity contribution in [2.24, 2.45) is 0 Å². The Morgan fingerprint density at radius 3 is 2.15 bits per heavy atom. The predicted molar refractivity (Wildman–Crippen MR) is 227 cm³/mol. The summed E-state index contributed by atoms with van der Waals surface area (Å²) >= 11 is 1.79. The second-order valence-electron chi connectivity index (χ2n) is 14.3. The molecule has 6 heteroatoms. The molecule has 0 fully saturated rings. The topological polar surface area (TPSA) is 56.7 Å². The fourth-order valence-electron chi connectivity index (χ4n) is 8.73. The van der Waals surface area contributed by atoms with E-state index in [0.29, 0.717) is 17.5 Å². The third-order valence-corrected chi connectivity index (χ3v) is 12.4. The lowest BCUT2D eigenvalue weighted by molar-refractivity contribution is 0.425. The van der Waals surface area contributed by atoms with Gasteiger partial charge in [0.2, 0.25) is 0 Å². The molecule has 2 atom stereocenters. The van der Waals surface area contributed by atoms with Crippen LogP contribution in [0.15, 0.2) is 168 Å². The molecule has 1 aliphatic carbocycles. The van der Waals surface area contributed by atoms with Gasteiger partial charge < -0.3 is 8.98 Å². The van der Waals surface area contributed by atoms with Crippen molar-refractivity contribution in [3.63, 3.8) is 0 Å². The number of aromatic nitrogens is 4. The van der Waals surface area contributed by atoms with Gasteiger partial charge in [-0.1, -0.05) is 133 Å². The Hall–Kier alpha value is -6.89. The number of fused-ring (bicyclic) bond motifs is 10. The van der Waals surface area contributed by atoms with Gasteiger partial charge in [0, 0.05) is 58.5 Å². The van der Waals surface area contributed by atoms with Crippen LogP contribution in [0.2, 0.25) is 0 Å². The molecule has 258 valence electrons. The number of furan rings is 1. The number of rotatable bonds is 4. The van der Waals surface area contributed by atoms with E-state index < -0.39 is 0 Å². The zero-order chi connectivity index (χ0) is 36.0. The standard InChI is InChI=1S/C49H30N4OS/c1-2-13-29(14-3-1)47-50-48(52-49(51-47)38-21-12-20-36-34-19-8-11-24-43(34)55-46(36)38)37-26-25-35-33-18-7-10-23-42(33)54-45(35)44(37)53-40-22-9-6-17-32(40)39-27-30-15-4-5-16-31(30)28-41(39)53/h1-28,37,44H. The number of para-hydroxylation sites is 2. The molecule has 0 amide bonds. The minimum atomic E-state index is -0.296. The number of thiophene rings is 1. The van der Waals surface area contributed by atoms with Crippen LogP contribution in [0.3, 0.4) is 0 Å². The molecule has 2 unspecified atom stereocenters. The molecular formula is C49H30N4OS. The number of nitrogens with zero attached hydrogens (tertiary/aromatic N) is 4. The first-order chi connectivity index (χ1) is 27.3. The Balaban J connectivity index is 1.16. The molecule has 0 spiro atoms. The third kappa shape index (κ3) is 4.62. The Morgan fingerprint density at radius 1 is 0.545 bits per heavy atom. The van der Waals surface area contributed by atoms with Gasteiger partial charge in [-0.15, -0.1) is 11.3 Å². The average Bonchev–Trinajstić information content (AvgIpc) is 3.92. The lowest BCUT2D eigenvalue weighted by atomic mass is 9.87.